The smallest absolute Gasteiger partial charge is 0.336 e. The van der Waals surface area contributed by atoms with Crippen molar-refractivity contribution >= 4 is 11.9 Å². The molecule has 0 fully saturated rings. The van der Waals surface area contributed by atoms with E-state index in [0.717, 1.165) is 0 Å². The average molecular weight is 298 g/mol. The molecule has 20 heavy (non-hydrogen) atoms. The van der Waals surface area contributed by atoms with E-state index in [-0.39, 0.29) is 0 Å². The molecule has 0 spiro atoms. The van der Waals surface area contributed by atoms with Crippen LogP contribution in [0.25, 0.3) is 0 Å². The second kappa shape index (κ2) is 9.58. The number of aliphatic hydroxyl groups is 4. The van der Waals surface area contributed by atoms with Gasteiger partial charge in [0.1, 0.15) is 12.2 Å². The fourth-order valence-electron chi connectivity index (χ4n) is 1.11. The Labute approximate surface area is 113 Å². The van der Waals surface area contributed by atoms with E-state index in [9.17, 15) is 9.59 Å². The van der Waals surface area contributed by atoms with E-state index in [0.29, 0.717) is 0 Å². The van der Waals surface area contributed by atoms with Crippen LogP contribution in [0.5, 0.6) is 0 Å². The summed E-state index contributed by atoms with van der Waals surface area (Å²) in [4.78, 5) is 21.9. The Bertz CT molecular complexity index is 276. The van der Waals surface area contributed by atoms with Crippen LogP contribution < -0.4 is 0 Å². The first-order valence-corrected chi connectivity index (χ1v) is 5.60. The molecule has 0 amide bonds. The average Bonchev–Trinajstić information content (AvgIpc) is 2.40. The number of hydrogen-bond donors (Lipinski definition) is 6. The molecule has 10 heteroatoms. The number of rotatable bonds is 11. The van der Waals surface area contributed by atoms with Crippen molar-refractivity contribution in [2.45, 2.75) is 24.4 Å². The molecular formula is C10H18O10. The molecule has 0 saturated heterocycles. The van der Waals surface area contributed by atoms with Crippen LogP contribution in [0.2, 0.25) is 0 Å². The second-order valence-corrected chi connectivity index (χ2v) is 3.86. The van der Waals surface area contributed by atoms with E-state index in [1.54, 1.807) is 0 Å². The molecule has 10 nitrogen and oxygen atoms in total. The summed E-state index contributed by atoms with van der Waals surface area (Å²) in [6.45, 7) is -2.59. The zero-order valence-electron chi connectivity index (χ0n) is 10.5. The third-order valence-corrected chi connectivity index (χ3v) is 2.12. The molecule has 0 aromatic heterocycles. The molecule has 0 aliphatic rings. The minimum atomic E-state index is -1.94. The number of aliphatic hydroxyl groups excluding tert-OH is 4. The lowest BCUT2D eigenvalue weighted by Crippen LogP contribution is -2.46. The number of aliphatic carboxylic acids is 2. The molecule has 4 unspecified atom stereocenters. The highest BCUT2D eigenvalue weighted by Gasteiger charge is 2.36. The Kier molecular flexibility index (Phi) is 8.96. The maximum Gasteiger partial charge on any atom is 0.336 e. The number of ether oxygens (including phenoxy) is 2. The summed E-state index contributed by atoms with van der Waals surface area (Å²) in [6, 6.07) is 0. The molecule has 0 heterocycles. The number of carboxylic acid groups (broad SMARTS) is 2. The van der Waals surface area contributed by atoms with Crippen molar-refractivity contribution in [2.24, 2.45) is 0 Å². The Morgan fingerprint density at radius 3 is 1.30 bits per heavy atom. The van der Waals surface area contributed by atoms with Gasteiger partial charge in [-0.3, -0.25) is 0 Å². The van der Waals surface area contributed by atoms with Gasteiger partial charge in [-0.2, -0.15) is 0 Å². The lowest BCUT2D eigenvalue weighted by molar-refractivity contribution is -0.182. The molecule has 0 saturated carbocycles. The fraction of sp³-hybridized carbons (Fsp3) is 0.800. The van der Waals surface area contributed by atoms with Gasteiger partial charge in [-0.1, -0.05) is 0 Å². The van der Waals surface area contributed by atoms with Crippen LogP contribution >= 0.6 is 0 Å². The predicted molar refractivity (Wildman–Crippen MR) is 60.9 cm³/mol. The highest BCUT2D eigenvalue weighted by molar-refractivity contribution is 5.83. The summed E-state index contributed by atoms with van der Waals surface area (Å²) >= 11 is 0. The van der Waals surface area contributed by atoms with Crippen molar-refractivity contribution in [3.8, 4) is 0 Å². The van der Waals surface area contributed by atoms with Crippen LogP contribution in [0.3, 0.4) is 0 Å². The van der Waals surface area contributed by atoms with Gasteiger partial charge >= 0.3 is 11.9 Å². The molecule has 0 aliphatic carbocycles. The lowest BCUT2D eigenvalue weighted by atomic mass is 10.2. The van der Waals surface area contributed by atoms with Crippen LogP contribution in [0.15, 0.2) is 0 Å². The van der Waals surface area contributed by atoms with Gasteiger partial charge in [-0.15, -0.1) is 0 Å². The van der Waals surface area contributed by atoms with Crippen LogP contribution in [-0.2, 0) is 19.1 Å². The summed E-state index contributed by atoms with van der Waals surface area (Å²) in [5, 5.41) is 52.9. The Hall–Kier alpha value is -1.30. The predicted octanol–water partition coefficient (Wildman–Crippen LogP) is -3.37. The monoisotopic (exact) mass is 298 g/mol. The fourth-order valence-corrected chi connectivity index (χ4v) is 1.11. The molecule has 118 valence electrons. The van der Waals surface area contributed by atoms with Crippen LogP contribution in [-0.4, -0.2) is 93.4 Å². The van der Waals surface area contributed by atoms with Gasteiger partial charge < -0.3 is 40.1 Å². The van der Waals surface area contributed by atoms with Crippen LogP contribution in [0.4, 0.5) is 0 Å². The summed E-state index contributed by atoms with van der Waals surface area (Å²) in [5.74, 6) is -3.30. The molecule has 0 aromatic rings. The van der Waals surface area contributed by atoms with Crippen molar-refractivity contribution in [3.63, 3.8) is 0 Å². The highest BCUT2D eigenvalue weighted by atomic mass is 16.6. The minimum Gasteiger partial charge on any atom is -0.479 e. The molecule has 0 aliphatic heterocycles. The summed E-state index contributed by atoms with van der Waals surface area (Å²) in [6.07, 6.45) is -6.62. The van der Waals surface area contributed by atoms with Crippen molar-refractivity contribution in [1.29, 1.82) is 0 Å². The molecular weight excluding hydrogens is 280 g/mol. The zero-order chi connectivity index (χ0) is 15.7. The third-order valence-electron chi connectivity index (χ3n) is 2.12. The minimum absolute atomic E-state index is 0.608. The number of carbonyl (C=O) groups is 2. The van der Waals surface area contributed by atoms with E-state index >= 15 is 0 Å². The van der Waals surface area contributed by atoms with Crippen molar-refractivity contribution in [3.05, 3.63) is 0 Å². The maximum atomic E-state index is 10.9. The van der Waals surface area contributed by atoms with Crippen molar-refractivity contribution in [2.75, 3.05) is 26.4 Å². The van der Waals surface area contributed by atoms with Crippen LogP contribution in [0.1, 0.15) is 0 Å². The van der Waals surface area contributed by atoms with Crippen molar-refractivity contribution < 1.29 is 49.7 Å². The highest BCUT2D eigenvalue weighted by Crippen LogP contribution is 2.08. The van der Waals surface area contributed by atoms with Gasteiger partial charge in [0.15, 0.2) is 12.2 Å². The van der Waals surface area contributed by atoms with Crippen molar-refractivity contribution in [1.82, 2.24) is 0 Å². The quantitative estimate of drug-likeness (QED) is 0.226. The Morgan fingerprint density at radius 2 is 1.10 bits per heavy atom. The third kappa shape index (κ3) is 6.75. The van der Waals surface area contributed by atoms with Gasteiger partial charge in [0.05, 0.1) is 26.4 Å². The van der Waals surface area contributed by atoms with E-state index < -0.39 is 62.8 Å². The molecule has 6 N–H and O–H groups in total. The normalized spacial score (nSPS) is 17.2. The van der Waals surface area contributed by atoms with Gasteiger partial charge in [0, 0.05) is 0 Å². The van der Waals surface area contributed by atoms with Gasteiger partial charge in [0.2, 0.25) is 0 Å². The van der Waals surface area contributed by atoms with E-state index in [4.69, 9.17) is 30.6 Å². The molecule has 0 rings (SSSR count). The number of carboxylic acids is 2. The SMILES string of the molecule is O=C(O)C(OCC(O)CO)C(OCC(O)CO)C(=O)O. The largest absolute Gasteiger partial charge is 0.479 e. The zero-order valence-corrected chi connectivity index (χ0v) is 10.5. The first-order valence-electron chi connectivity index (χ1n) is 5.60. The van der Waals surface area contributed by atoms with Gasteiger partial charge in [-0.25, -0.2) is 9.59 Å². The first-order chi connectivity index (χ1) is 9.33. The van der Waals surface area contributed by atoms with E-state index in [1.807, 2.05) is 0 Å². The van der Waals surface area contributed by atoms with E-state index in [1.165, 1.54) is 0 Å². The summed E-state index contributed by atoms with van der Waals surface area (Å²) in [7, 11) is 0. The van der Waals surface area contributed by atoms with Gasteiger partial charge in [-0.05, 0) is 0 Å². The summed E-state index contributed by atoms with van der Waals surface area (Å²) < 4.78 is 9.37. The maximum absolute atomic E-state index is 10.9. The van der Waals surface area contributed by atoms with Gasteiger partial charge in [0.25, 0.3) is 0 Å². The second-order valence-electron chi connectivity index (χ2n) is 3.86. The Morgan fingerprint density at radius 1 is 0.800 bits per heavy atom. The number of hydrogen-bond acceptors (Lipinski definition) is 8. The molecule has 0 aromatic carbocycles. The Balaban J connectivity index is 4.69. The van der Waals surface area contributed by atoms with Crippen LogP contribution in [0, 0.1) is 0 Å². The lowest BCUT2D eigenvalue weighted by Gasteiger charge is -2.22. The molecule has 0 bridgehead atoms. The van der Waals surface area contributed by atoms with E-state index in [2.05, 4.69) is 9.47 Å². The molecule has 4 atom stereocenters. The first kappa shape index (κ1) is 18.7. The summed E-state index contributed by atoms with van der Waals surface area (Å²) in [5.41, 5.74) is 0. The topological polar surface area (TPSA) is 174 Å². The molecule has 0 radical (unpaired) electrons. The standard InChI is InChI=1S/C10H18O10/c11-1-5(13)3-19-7(9(15)16)8(10(17)18)20-4-6(14)2-12/h5-8,11-14H,1-4H2,(H,15,16)(H,17,18).